The first kappa shape index (κ1) is 14.7. The van der Waals surface area contributed by atoms with Gasteiger partial charge in [0, 0.05) is 24.6 Å². The van der Waals surface area contributed by atoms with Gasteiger partial charge in [0.15, 0.2) is 5.11 Å². The van der Waals surface area contributed by atoms with Crippen LogP contribution in [0, 0.1) is 0 Å². The quantitative estimate of drug-likeness (QED) is 0.865. The van der Waals surface area contributed by atoms with Gasteiger partial charge in [-0.2, -0.15) is 0 Å². The molecule has 2 aromatic carbocycles. The van der Waals surface area contributed by atoms with Gasteiger partial charge < -0.3 is 4.90 Å². The fraction of sp³-hybridized carbons (Fsp3) is 0.222. The van der Waals surface area contributed by atoms with Crippen LogP contribution in [-0.2, 0) is 0 Å². The molecular weight excluding hydrogens is 292 g/mol. The Morgan fingerprint density at radius 3 is 2.36 bits per heavy atom. The maximum absolute atomic E-state index is 12.1. The molecule has 1 heterocycles. The second-order valence-corrected chi connectivity index (χ2v) is 5.85. The van der Waals surface area contributed by atoms with Crippen LogP contribution in [0.5, 0.6) is 0 Å². The van der Waals surface area contributed by atoms with Crippen molar-refractivity contribution in [3.8, 4) is 0 Å². The van der Waals surface area contributed by atoms with Gasteiger partial charge in [0.25, 0.3) is 5.91 Å². The van der Waals surface area contributed by atoms with Crippen LogP contribution >= 0.6 is 12.2 Å². The number of hydrogen-bond donors (Lipinski definition) is 1. The summed E-state index contributed by atoms with van der Waals surface area (Å²) < 4.78 is 0. The maximum atomic E-state index is 12.1. The number of nitrogens with one attached hydrogen (secondary N) is 1. The third-order valence-corrected chi connectivity index (χ3v) is 4.36. The van der Waals surface area contributed by atoms with Crippen molar-refractivity contribution in [2.75, 3.05) is 13.1 Å². The molecule has 112 valence electrons. The van der Waals surface area contributed by atoms with Gasteiger partial charge in [0.2, 0.25) is 0 Å². The molecule has 1 aliphatic rings. The molecule has 0 bridgehead atoms. The zero-order valence-corrected chi connectivity index (χ0v) is 13.1. The minimum atomic E-state index is -0.145. The minimum absolute atomic E-state index is 0.145. The Hall–Kier alpha value is -2.20. The average molecular weight is 310 g/mol. The Labute approximate surface area is 136 Å². The average Bonchev–Trinajstić information content (AvgIpc) is 3.06. The van der Waals surface area contributed by atoms with E-state index in [1.54, 1.807) is 12.1 Å². The zero-order valence-electron chi connectivity index (χ0n) is 12.2. The third kappa shape index (κ3) is 3.34. The molecule has 3 rings (SSSR count). The smallest absolute Gasteiger partial charge is 0.257 e. The SMILES string of the molecule is O=C(NC(=S)N1CCC(c2ccccc2)C1)c1ccccc1. The lowest BCUT2D eigenvalue weighted by Gasteiger charge is -2.20. The van der Waals surface area contributed by atoms with Gasteiger partial charge in [0.05, 0.1) is 0 Å². The zero-order chi connectivity index (χ0) is 15.4. The monoisotopic (exact) mass is 310 g/mol. The predicted molar refractivity (Wildman–Crippen MR) is 91.9 cm³/mol. The van der Waals surface area contributed by atoms with E-state index < -0.39 is 0 Å². The molecule has 1 unspecified atom stereocenters. The Balaban J connectivity index is 1.59. The lowest BCUT2D eigenvalue weighted by molar-refractivity contribution is 0.0974. The van der Waals surface area contributed by atoms with E-state index in [-0.39, 0.29) is 5.91 Å². The molecule has 0 aromatic heterocycles. The van der Waals surface area contributed by atoms with Gasteiger partial charge in [-0.25, -0.2) is 0 Å². The molecule has 1 amide bonds. The van der Waals surface area contributed by atoms with E-state index in [9.17, 15) is 4.79 Å². The second-order valence-electron chi connectivity index (χ2n) is 5.47. The van der Waals surface area contributed by atoms with Gasteiger partial charge in [-0.3, -0.25) is 10.1 Å². The first-order valence-electron chi connectivity index (χ1n) is 7.44. The van der Waals surface area contributed by atoms with Gasteiger partial charge in [0.1, 0.15) is 0 Å². The van der Waals surface area contributed by atoms with Crippen LogP contribution in [0.3, 0.4) is 0 Å². The topological polar surface area (TPSA) is 32.3 Å². The fourth-order valence-electron chi connectivity index (χ4n) is 2.78. The largest absolute Gasteiger partial charge is 0.348 e. The summed E-state index contributed by atoms with van der Waals surface area (Å²) in [4.78, 5) is 14.2. The number of likely N-dealkylation sites (tertiary alicyclic amines) is 1. The second kappa shape index (κ2) is 6.71. The van der Waals surface area contributed by atoms with Crippen LogP contribution in [0.15, 0.2) is 60.7 Å². The van der Waals surface area contributed by atoms with Crippen molar-refractivity contribution in [1.82, 2.24) is 10.2 Å². The summed E-state index contributed by atoms with van der Waals surface area (Å²) in [5, 5.41) is 3.35. The molecular formula is C18H18N2OS. The number of amides is 1. The van der Waals surface area contributed by atoms with Crippen LogP contribution in [0.25, 0.3) is 0 Å². The summed E-state index contributed by atoms with van der Waals surface area (Å²) in [7, 11) is 0. The molecule has 1 saturated heterocycles. The van der Waals surface area contributed by atoms with E-state index in [1.807, 2.05) is 24.3 Å². The van der Waals surface area contributed by atoms with Crippen molar-refractivity contribution >= 4 is 23.2 Å². The van der Waals surface area contributed by atoms with Crippen molar-refractivity contribution < 1.29 is 4.79 Å². The molecule has 0 radical (unpaired) electrons. The number of nitrogens with zero attached hydrogens (tertiary/aromatic N) is 1. The minimum Gasteiger partial charge on any atom is -0.348 e. The summed E-state index contributed by atoms with van der Waals surface area (Å²) in [6, 6.07) is 19.6. The highest BCUT2D eigenvalue weighted by atomic mass is 32.1. The van der Waals surface area contributed by atoms with Crippen LogP contribution < -0.4 is 5.32 Å². The van der Waals surface area contributed by atoms with Crippen molar-refractivity contribution in [2.24, 2.45) is 0 Å². The van der Waals surface area contributed by atoms with Crippen LogP contribution in [0.2, 0.25) is 0 Å². The number of carbonyl (C=O) groups is 1. The first-order chi connectivity index (χ1) is 10.7. The molecule has 4 heteroatoms. The molecule has 2 aromatic rings. The van der Waals surface area contributed by atoms with Crippen molar-refractivity contribution in [2.45, 2.75) is 12.3 Å². The molecule has 1 N–H and O–H groups in total. The normalized spacial score (nSPS) is 17.3. The molecule has 3 nitrogen and oxygen atoms in total. The van der Waals surface area contributed by atoms with Gasteiger partial charge in [-0.15, -0.1) is 0 Å². The Morgan fingerprint density at radius 2 is 1.68 bits per heavy atom. The summed E-state index contributed by atoms with van der Waals surface area (Å²) in [6.45, 7) is 1.74. The molecule has 0 saturated carbocycles. The van der Waals surface area contributed by atoms with Gasteiger partial charge >= 0.3 is 0 Å². The van der Waals surface area contributed by atoms with Crippen molar-refractivity contribution in [3.05, 3.63) is 71.8 Å². The predicted octanol–water partition coefficient (Wildman–Crippen LogP) is 3.19. The van der Waals surface area contributed by atoms with E-state index in [0.29, 0.717) is 16.6 Å². The Bertz CT molecular complexity index is 657. The highest BCUT2D eigenvalue weighted by Crippen LogP contribution is 2.26. The number of hydrogen-bond acceptors (Lipinski definition) is 2. The highest BCUT2D eigenvalue weighted by Gasteiger charge is 2.26. The lowest BCUT2D eigenvalue weighted by Crippen LogP contribution is -2.41. The maximum Gasteiger partial charge on any atom is 0.257 e. The first-order valence-corrected chi connectivity index (χ1v) is 7.85. The standard InChI is InChI=1S/C18H18N2OS/c21-17(15-9-5-2-6-10-15)19-18(22)20-12-11-16(13-20)14-7-3-1-4-8-14/h1-10,16H,11-13H2,(H,19,21,22). The number of benzene rings is 2. The van der Waals surface area contributed by atoms with Crippen LogP contribution in [-0.4, -0.2) is 29.0 Å². The molecule has 22 heavy (non-hydrogen) atoms. The van der Waals surface area contributed by atoms with Crippen LogP contribution in [0.4, 0.5) is 0 Å². The molecule has 1 aliphatic heterocycles. The molecule has 1 atom stereocenters. The number of carbonyl (C=O) groups excluding carboxylic acids is 1. The molecule has 0 spiro atoms. The molecule has 0 aliphatic carbocycles. The third-order valence-electron chi connectivity index (χ3n) is 4.00. The van der Waals surface area contributed by atoms with Gasteiger partial charge in [-0.1, -0.05) is 48.5 Å². The Morgan fingerprint density at radius 1 is 1.05 bits per heavy atom. The summed E-state index contributed by atoms with van der Waals surface area (Å²) in [6.07, 6.45) is 1.06. The van der Waals surface area contributed by atoms with Crippen molar-refractivity contribution in [3.63, 3.8) is 0 Å². The number of thiocarbonyl (C=S) groups is 1. The highest BCUT2D eigenvalue weighted by molar-refractivity contribution is 7.80. The van der Waals surface area contributed by atoms with Crippen LogP contribution in [0.1, 0.15) is 28.3 Å². The van der Waals surface area contributed by atoms with E-state index in [4.69, 9.17) is 12.2 Å². The number of rotatable bonds is 2. The van der Waals surface area contributed by atoms with E-state index >= 15 is 0 Å². The summed E-state index contributed by atoms with van der Waals surface area (Å²) in [5.41, 5.74) is 1.96. The van der Waals surface area contributed by atoms with Crippen molar-refractivity contribution in [1.29, 1.82) is 0 Å². The van der Waals surface area contributed by atoms with E-state index in [0.717, 1.165) is 19.5 Å². The fourth-order valence-corrected chi connectivity index (χ4v) is 3.04. The molecule has 1 fully saturated rings. The summed E-state index contributed by atoms with van der Waals surface area (Å²) >= 11 is 5.39. The lowest BCUT2D eigenvalue weighted by atomic mass is 9.99. The summed E-state index contributed by atoms with van der Waals surface area (Å²) in [5.74, 6) is 0.335. The van der Waals surface area contributed by atoms with E-state index in [1.165, 1.54) is 5.56 Å². The van der Waals surface area contributed by atoms with E-state index in [2.05, 4.69) is 34.5 Å². The van der Waals surface area contributed by atoms with Gasteiger partial charge in [-0.05, 0) is 36.3 Å². The Kier molecular flexibility index (Phi) is 4.49.